The zero-order chi connectivity index (χ0) is 27.9. The molecule has 2 aromatic rings. The fourth-order valence-corrected chi connectivity index (χ4v) is 6.19. The van der Waals surface area contributed by atoms with E-state index in [0.717, 1.165) is 47.2 Å². The molecule has 1 aromatic carbocycles. The third kappa shape index (κ3) is 5.12. The third-order valence-corrected chi connectivity index (χ3v) is 8.71. The molecule has 8 nitrogen and oxygen atoms in total. The van der Waals surface area contributed by atoms with Crippen LogP contribution in [0, 0.1) is 37.0 Å². The Hall–Kier alpha value is -3.81. The van der Waals surface area contributed by atoms with Crippen molar-refractivity contribution < 1.29 is 28.6 Å². The van der Waals surface area contributed by atoms with E-state index in [1.54, 1.807) is 6.26 Å². The van der Waals surface area contributed by atoms with E-state index in [0.29, 0.717) is 24.3 Å². The number of aryl methyl sites for hydroxylation is 2. The van der Waals surface area contributed by atoms with Crippen LogP contribution in [0.4, 0.5) is 10.5 Å². The average molecular weight is 533 g/mol. The number of ether oxygens (including phenoxy) is 1. The highest BCUT2D eigenvalue weighted by Crippen LogP contribution is 2.64. The summed E-state index contributed by atoms with van der Waals surface area (Å²) < 4.78 is 11.6. The average Bonchev–Trinajstić information content (AvgIpc) is 3.50. The van der Waals surface area contributed by atoms with Gasteiger partial charge >= 0.3 is 12.1 Å². The Morgan fingerprint density at radius 1 is 1.05 bits per heavy atom. The van der Waals surface area contributed by atoms with E-state index in [1.807, 2.05) is 57.2 Å². The number of nitrogens with one attached hydrogen (secondary N) is 2. The molecule has 2 fully saturated rings. The molecule has 2 saturated carbocycles. The summed E-state index contributed by atoms with van der Waals surface area (Å²) in [5.74, 6) is -1.57. The molecule has 5 atom stereocenters. The van der Waals surface area contributed by atoms with E-state index in [1.165, 1.54) is 0 Å². The van der Waals surface area contributed by atoms with Gasteiger partial charge in [0.15, 0.2) is 5.76 Å². The Labute approximate surface area is 228 Å². The van der Waals surface area contributed by atoms with Crippen LogP contribution < -0.4 is 10.6 Å². The van der Waals surface area contributed by atoms with Gasteiger partial charge in [-0.1, -0.05) is 50.1 Å². The van der Waals surface area contributed by atoms with E-state index >= 15 is 0 Å². The number of carboxylic acid groups (broad SMARTS) is 1. The fraction of sp³-hybridized carbons (Fsp3) is 0.452. The maximum Gasteiger partial charge on any atom is 0.412 e. The van der Waals surface area contributed by atoms with Gasteiger partial charge in [-0.05, 0) is 63.2 Å². The molecular formula is C31H36N2O6. The van der Waals surface area contributed by atoms with Crippen molar-refractivity contribution in [2.24, 2.45) is 23.2 Å². The van der Waals surface area contributed by atoms with Gasteiger partial charge in [0.05, 0.1) is 23.8 Å². The molecule has 3 unspecified atom stereocenters. The minimum absolute atomic E-state index is 0.104. The van der Waals surface area contributed by atoms with Crippen molar-refractivity contribution in [1.29, 1.82) is 0 Å². The van der Waals surface area contributed by atoms with Crippen LogP contribution in [0.1, 0.15) is 74.5 Å². The summed E-state index contributed by atoms with van der Waals surface area (Å²) in [5.41, 5.74) is 4.83. The van der Waals surface area contributed by atoms with Crippen molar-refractivity contribution in [3.63, 3.8) is 0 Å². The molecule has 206 valence electrons. The molecule has 0 aliphatic heterocycles. The molecule has 1 heterocycles. The Kier molecular flexibility index (Phi) is 7.14. The molecular weight excluding hydrogens is 496 g/mol. The lowest BCUT2D eigenvalue weighted by Crippen LogP contribution is -2.41. The van der Waals surface area contributed by atoms with Crippen LogP contribution in [-0.4, -0.2) is 23.1 Å². The standard InChI is InChI=1S/C31H36N2O6/c1-17-9-5-6-10-20(17)19(3)39-30(37)33-26-18(2)16-38-27(26)23-13-14-25(31(4)15-24(23)31)32-28(34)21-11-7-8-12-22(21)29(35)36/h5-6,9-10,13-14,16,19,21-22,24H,7-8,11-12,15H2,1-4H3,(H,32,34)(H,33,37)(H,35,36)/t19?,21-,22-,24?,31?/m0/s1. The van der Waals surface area contributed by atoms with Crippen LogP contribution >= 0.6 is 0 Å². The summed E-state index contributed by atoms with van der Waals surface area (Å²) in [6.45, 7) is 7.79. The van der Waals surface area contributed by atoms with Gasteiger partial charge < -0.3 is 19.6 Å². The number of anilines is 1. The molecule has 0 bridgehead atoms. The van der Waals surface area contributed by atoms with E-state index in [9.17, 15) is 19.5 Å². The highest BCUT2D eigenvalue weighted by atomic mass is 16.6. The van der Waals surface area contributed by atoms with Crippen LogP contribution in [-0.2, 0) is 14.3 Å². The van der Waals surface area contributed by atoms with E-state index in [2.05, 4.69) is 17.6 Å². The van der Waals surface area contributed by atoms with E-state index < -0.39 is 30.0 Å². The maximum atomic E-state index is 13.1. The summed E-state index contributed by atoms with van der Waals surface area (Å²) in [6.07, 6.45) is 8.10. The summed E-state index contributed by atoms with van der Waals surface area (Å²) >= 11 is 0. The summed E-state index contributed by atoms with van der Waals surface area (Å²) in [7, 11) is 0. The van der Waals surface area contributed by atoms with Gasteiger partial charge in [0.25, 0.3) is 0 Å². The SMILES string of the molecule is Cc1ccccc1C(C)OC(=O)Nc1c(C)coc1C1=CC=C(NC(=O)[C@H]2CCCC[C@@H]2C(=O)O)C2(C)CC12. The number of carbonyl (C=O) groups excluding carboxylic acids is 2. The van der Waals surface area contributed by atoms with Crippen LogP contribution in [0.2, 0.25) is 0 Å². The Bertz CT molecular complexity index is 1370. The number of hydrogen-bond acceptors (Lipinski definition) is 5. The lowest BCUT2D eigenvalue weighted by Gasteiger charge is -2.29. The quantitative estimate of drug-likeness (QED) is 0.374. The number of aliphatic carboxylic acids is 1. The van der Waals surface area contributed by atoms with Crippen LogP contribution in [0.15, 0.2) is 52.8 Å². The molecule has 0 spiro atoms. The van der Waals surface area contributed by atoms with Crippen molar-refractivity contribution >= 4 is 29.2 Å². The molecule has 3 aliphatic carbocycles. The first-order valence-electron chi connectivity index (χ1n) is 13.7. The number of carbonyl (C=O) groups is 3. The minimum Gasteiger partial charge on any atom is -0.481 e. The highest BCUT2D eigenvalue weighted by molar-refractivity contribution is 5.92. The van der Waals surface area contributed by atoms with Crippen molar-refractivity contribution in [2.75, 3.05) is 5.32 Å². The van der Waals surface area contributed by atoms with Crippen molar-refractivity contribution in [3.8, 4) is 0 Å². The first-order valence-corrected chi connectivity index (χ1v) is 13.7. The number of allylic oxidation sites excluding steroid dienone is 4. The second kappa shape index (κ2) is 10.4. The van der Waals surface area contributed by atoms with E-state index in [-0.39, 0.29) is 17.2 Å². The number of rotatable bonds is 7. The zero-order valence-electron chi connectivity index (χ0n) is 22.9. The second-order valence-electron chi connectivity index (χ2n) is 11.4. The van der Waals surface area contributed by atoms with Crippen molar-refractivity contribution in [2.45, 2.75) is 65.9 Å². The van der Waals surface area contributed by atoms with Crippen LogP contribution in [0.5, 0.6) is 0 Å². The van der Waals surface area contributed by atoms with Gasteiger partial charge in [-0.2, -0.15) is 0 Å². The number of fused-ring (bicyclic) bond motifs is 1. The molecule has 0 saturated heterocycles. The first kappa shape index (κ1) is 26.8. The smallest absolute Gasteiger partial charge is 0.412 e. The van der Waals surface area contributed by atoms with E-state index in [4.69, 9.17) is 9.15 Å². The Morgan fingerprint density at radius 3 is 2.49 bits per heavy atom. The largest absolute Gasteiger partial charge is 0.481 e. The minimum atomic E-state index is -0.898. The topological polar surface area (TPSA) is 118 Å². The van der Waals surface area contributed by atoms with Gasteiger partial charge in [-0.15, -0.1) is 0 Å². The van der Waals surface area contributed by atoms with Gasteiger partial charge in [-0.25, -0.2) is 4.79 Å². The third-order valence-electron chi connectivity index (χ3n) is 8.71. The van der Waals surface area contributed by atoms with Gasteiger partial charge in [0.2, 0.25) is 5.91 Å². The van der Waals surface area contributed by atoms with Crippen molar-refractivity contribution in [1.82, 2.24) is 5.32 Å². The maximum absolute atomic E-state index is 13.1. The highest BCUT2D eigenvalue weighted by Gasteiger charge is 2.57. The van der Waals surface area contributed by atoms with Crippen LogP contribution in [0.3, 0.4) is 0 Å². The predicted octanol–water partition coefficient (Wildman–Crippen LogP) is 6.52. The molecule has 5 rings (SSSR count). The summed E-state index contributed by atoms with van der Waals surface area (Å²) in [4.78, 5) is 37.7. The number of carboxylic acids is 1. The number of benzene rings is 1. The van der Waals surface area contributed by atoms with Gasteiger partial charge in [-0.3, -0.25) is 14.9 Å². The predicted molar refractivity (Wildman–Crippen MR) is 147 cm³/mol. The lowest BCUT2D eigenvalue weighted by molar-refractivity contribution is -0.148. The molecule has 0 radical (unpaired) electrons. The van der Waals surface area contributed by atoms with Gasteiger partial charge in [0.1, 0.15) is 6.10 Å². The Morgan fingerprint density at radius 2 is 1.77 bits per heavy atom. The number of amides is 2. The number of furan rings is 1. The molecule has 2 amide bonds. The monoisotopic (exact) mass is 532 g/mol. The molecule has 3 aliphatic rings. The molecule has 8 heteroatoms. The molecule has 1 aromatic heterocycles. The summed E-state index contributed by atoms with van der Waals surface area (Å²) in [6, 6.07) is 7.80. The Balaban J connectivity index is 1.31. The van der Waals surface area contributed by atoms with Crippen LogP contribution in [0.25, 0.3) is 5.57 Å². The molecule has 39 heavy (non-hydrogen) atoms. The molecule has 3 N–H and O–H groups in total. The zero-order valence-corrected chi connectivity index (χ0v) is 22.9. The number of hydrogen-bond donors (Lipinski definition) is 3. The lowest BCUT2D eigenvalue weighted by atomic mass is 9.78. The first-order chi connectivity index (χ1) is 18.6. The fourth-order valence-electron chi connectivity index (χ4n) is 6.19. The summed E-state index contributed by atoms with van der Waals surface area (Å²) in [5, 5.41) is 15.5. The van der Waals surface area contributed by atoms with Crippen molar-refractivity contribution in [3.05, 3.63) is 70.8 Å². The second-order valence-corrected chi connectivity index (χ2v) is 11.4. The van der Waals surface area contributed by atoms with Gasteiger partial charge in [0, 0.05) is 22.2 Å². The normalized spacial score (nSPS) is 26.4.